The summed E-state index contributed by atoms with van der Waals surface area (Å²) >= 11 is 0. The molecule has 0 amide bonds. The summed E-state index contributed by atoms with van der Waals surface area (Å²) in [6, 6.07) is 6.31. The van der Waals surface area contributed by atoms with Crippen molar-refractivity contribution in [2.45, 2.75) is 23.8 Å². The van der Waals surface area contributed by atoms with Crippen LogP contribution < -0.4 is 10.0 Å². The van der Waals surface area contributed by atoms with Crippen LogP contribution in [0.2, 0.25) is 0 Å². The fourth-order valence-corrected chi connectivity index (χ4v) is 4.42. The molecule has 0 saturated carbocycles. The maximum atomic E-state index is 12.8. The van der Waals surface area contributed by atoms with E-state index in [2.05, 4.69) is 15.0 Å². The van der Waals surface area contributed by atoms with Crippen molar-refractivity contribution in [2.24, 2.45) is 0 Å². The molecule has 2 N–H and O–H groups in total. The Bertz CT molecular complexity index is 861. The van der Waals surface area contributed by atoms with E-state index in [-0.39, 0.29) is 16.6 Å². The molecule has 1 aliphatic heterocycles. The molecule has 0 atom stereocenters. The van der Waals surface area contributed by atoms with E-state index < -0.39 is 16.0 Å². The van der Waals surface area contributed by atoms with Gasteiger partial charge in [-0.05, 0) is 38.1 Å². The van der Waals surface area contributed by atoms with E-state index >= 15 is 0 Å². The average molecular weight is 349 g/mol. The highest BCUT2D eigenvalue weighted by molar-refractivity contribution is 7.89. The van der Waals surface area contributed by atoms with Gasteiger partial charge in [-0.15, -0.1) is 0 Å². The molecular formula is C16H19N3O4S. The summed E-state index contributed by atoms with van der Waals surface area (Å²) in [4.78, 5) is 16.0. The minimum absolute atomic E-state index is 0.0894. The molecule has 128 valence electrons. The predicted molar refractivity (Wildman–Crippen MR) is 89.3 cm³/mol. The number of ether oxygens (including phenoxy) is 1. The maximum Gasteiger partial charge on any atom is 0.357 e. The molecule has 8 heteroatoms. The van der Waals surface area contributed by atoms with Crippen LogP contribution in [0.5, 0.6) is 0 Å². The molecule has 2 heterocycles. The van der Waals surface area contributed by atoms with E-state index in [1.54, 1.807) is 18.2 Å². The average Bonchev–Trinajstić information content (AvgIpc) is 2.60. The highest BCUT2D eigenvalue weighted by Gasteiger charge is 2.24. The van der Waals surface area contributed by atoms with Crippen molar-refractivity contribution in [3.05, 3.63) is 36.2 Å². The number of carbonyl (C=O) groups is 1. The van der Waals surface area contributed by atoms with Gasteiger partial charge in [0, 0.05) is 23.0 Å². The van der Waals surface area contributed by atoms with Gasteiger partial charge >= 0.3 is 5.97 Å². The molecule has 0 radical (unpaired) electrons. The summed E-state index contributed by atoms with van der Waals surface area (Å²) in [6.07, 6.45) is 2.91. The number of nitrogens with zero attached hydrogens (tertiary/aromatic N) is 1. The monoisotopic (exact) mass is 349 g/mol. The number of benzene rings is 1. The zero-order valence-corrected chi connectivity index (χ0v) is 14.1. The van der Waals surface area contributed by atoms with Crippen LogP contribution in [-0.2, 0) is 14.8 Å². The van der Waals surface area contributed by atoms with Gasteiger partial charge in [-0.2, -0.15) is 0 Å². The van der Waals surface area contributed by atoms with E-state index in [1.165, 1.54) is 19.4 Å². The molecule has 0 spiro atoms. The van der Waals surface area contributed by atoms with Crippen LogP contribution >= 0.6 is 0 Å². The van der Waals surface area contributed by atoms with Gasteiger partial charge in [-0.3, -0.25) is 0 Å². The standard InChI is InChI=1S/C16H19N3O4S/c1-23-16(20)15-13-3-2-4-14(12(13)7-10-18-15)24(21,22)19-11-5-8-17-9-6-11/h2-4,7,10-11,17,19H,5-6,8-9H2,1H3. The van der Waals surface area contributed by atoms with E-state index in [9.17, 15) is 13.2 Å². The van der Waals surface area contributed by atoms with Crippen LogP contribution in [0, 0.1) is 0 Å². The van der Waals surface area contributed by atoms with Gasteiger partial charge in [0.2, 0.25) is 10.0 Å². The van der Waals surface area contributed by atoms with Gasteiger partial charge in [-0.25, -0.2) is 22.9 Å². The first kappa shape index (κ1) is 16.8. The molecule has 1 aliphatic rings. The largest absolute Gasteiger partial charge is 0.464 e. The fraction of sp³-hybridized carbons (Fsp3) is 0.375. The number of sulfonamides is 1. The van der Waals surface area contributed by atoms with Crippen molar-refractivity contribution >= 4 is 26.8 Å². The maximum absolute atomic E-state index is 12.8. The van der Waals surface area contributed by atoms with Gasteiger partial charge in [-0.1, -0.05) is 12.1 Å². The Hall–Kier alpha value is -2.03. The third kappa shape index (κ3) is 3.26. The van der Waals surface area contributed by atoms with Gasteiger partial charge in [0.25, 0.3) is 0 Å². The number of methoxy groups -OCH3 is 1. The van der Waals surface area contributed by atoms with Crippen molar-refractivity contribution in [3.8, 4) is 0 Å². The minimum atomic E-state index is -3.69. The Morgan fingerprint density at radius 2 is 2.00 bits per heavy atom. The quantitative estimate of drug-likeness (QED) is 0.801. The van der Waals surface area contributed by atoms with Crippen LogP contribution in [0.1, 0.15) is 23.3 Å². The molecule has 1 saturated heterocycles. The number of carbonyl (C=O) groups excluding carboxylic acids is 1. The van der Waals surface area contributed by atoms with Crippen molar-refractivity contribution in [1.82, 2.24) is 15.0 Å². The van der Waals surface area contributed by atoms with E-state index in [1.807, 2.05) is 0 Å². The first-order valence-corrected chi connectivity index (χ1v) is 9.20. The zero-order valence-electron chi connectivity index (χ0n) is 13.3. The Morgan fingerprint density at radius 3 is 2.71 bits per heavy atom. The van der Waals surface area contributed by atoms with Crippen LogP contribution in [0.15, 0.2) is 35.4 Å². The molecular weight excluding hydrogens is 330 g/mol. The highest BCUT2D eigenvalue weighted by atomic mass is 32.2. The number of hydrogen-bond donors (Lipinski definition) is 2. The lowest BCUT2D eigenvalue weighted by Gasteiger charge is -2.23. The fourth-order valence-electron chi connectivity index (χ4n) is 2.89. The Balaban J connectivity index is 2.04. The second-order valence-corrected chi connectivity index (χ2v) is 7.33. The molecule has 0 unspecified atom stereocenters. The van der Waals surface area contributed by atoms with Crippen LogP contribution in [0.3, 0.4) is 0 Å². The van der Waals surface area contributed by atoms with Gasteiger partial charge in [0.05, 0.1) is 12.0 Å². The smallest absolute Gasteiger partial charge is 0.357 e. The van der Waals surface area contributed by atoms with Crippen molar-refractivity contribution < 1.29 is 17.9 Å². The number of fused-ring (bicyclic) bond motifs is 1. The molecule has 1 aromatic heterocycles. The summed E-state index contributed by atoms with van der Waals surface area (Å²) < 4.78 is 33.1. The first-order chi connectivity index (χ1) is 11.5. The van der Waals surface area contributed by atoms with Gasteiger partial charge in [0.15, 0.2) is 5.69 Å². The summed E-state index contributed by atoms with van der Waals surface area (Å²) in [5.74, 6) is -0.596. The zero-order chi connectivity index (χ0) is 17.2. The first-order valence-electron chi connectivity index (χ1n) is 7.72. The van der Waals surface area contributed by atoms with Gasteiger partial charge in [0.1, 0.15) is 0 Å². The van der Waals surface area contributed by atoms with Crippen LogP contribution in [0.25, 0.3) is 10.8 Å². The van der Waals surface area contributed by atoms with Crippen molar-refractivity contribution in [1.29, 1.82) is 0 Å². The molecule has 0 aliphatic carbocycles. The van der Waals surface area contributed by atoms with Crippen molar-refractivity contribution in [2.75, 3.05) is 20.2 Å². The third-order valence-corrected chi connectivity index (χ3v) is 5.67. The topological polar surface area (TPSA) is 97.4 Å². The Morgan fingerprint density at radius 1 is 1.25 bits per heavy atom. The second-order valence-electron chi connectivity index (χ2n) is 5.65. The molecule has 2 aromatic rings. The lowest BCUT2D eigenvalue weighted by atomic mass is 10.1. The lowest BCUT2D eigenvalue weighted by Crippen LogP contribution is -2.42. The minimum Gasteiger partial charge on any atom is -0.464 e. The molecule has 7 nitrogen and oxygen atoms in total. The molecule has 3 rings (SSSR count). The number of pyridine rings is 1. The number of rotatable bonds is 4. The van der Waals surface area contributed by atoms with Crippen molar-refractivity contribution in [3.63, 3.8) is 0 Å². The number of piperidine rings is 1. The van der Waals surface area contributed by atoms with E-state index in [0.717, 1.165) is 25.9 Å². The third-order valence-electron chi connectivity index (χ3n) is 4.10. The van der Waals surface area contributed by atoms with Gasteiger partial charge < -0.3 is 10.1 Å². The second kappa shape index (κ2) is 6.84. The lowest BCUT2D eigenvalue weighted by molar-refractivity contribution is 0.0596. The molecule has 24 heavy (non-hydrogen) atoms. The number of esters is 1. The van der Waals surface area contributed by atoms with Crippen LogP contribution in [-0.4, -0.2) is 45.6 Å². The SMILES string of the molecule is COC(=O)c1nccc2c(S(=O)(=O)NC3CCNCC3)cccc12. The normalized spacial score (nSPS) is 16.2. The summed E-state index contributed by atoms with van der Waals surface area (Å²) in [6.45, 7) is 1.58. The molecule has 1 fully saturated rings. The Labute approximate surface area is 140 Å². The van der Waals surface area contributed by atoms with E-state index in [4.69, 9.17) is 4.74 Å². The van der Waals surface area contributed by atoms with E-state index in [0.29, 0.717) is 10.8 Å². The Kier molecular flexibility index (Phi) is 4.79. The predicted octanol–water partition coefficient (Wildman–Crippen LogP) is 1.05. The van der Waals surface area contributed by atoms with Crippen LogP contribution in [0.4, 0.5) is 0 Å². The molecule has 0 bridgehead atoms. The summed E-state index contributed by atoms with van der Waals surface area (Å²) in [7, 11) is -2.43. The number of aromatic nitrogens is 1. The number of nitrogens with one attached hydrogen (secondary N) is 2. The summed E-state index contributed by atoms with van der Waals surface area (Å²) in [5.41, 5.74) is 0.105. The summed E-state index contributed by atoms with van der Waals surface area (Å²) in [5, 5.41) is 4.11. The molecule has 1 aromatic carbocycles. The number of hydrogen-bond acceptors (Lipinski definition) is 6. The highest BCUT2D eigenvalue weighted by Crippen LogP contribution is 2.25.